The zero-order valence-corrected chi connectivity index (χ0v) is 13.0. The first-order chi connectivity index (χ1) is 9.60. The van der Waals surface area contributed by atoms with Gasteiger partial charge in [-0.05, 0) is 41.9 Å². The molecule has 20 heavy (non-hydrogen) atoms. The van der Waals surface area contributed by atoms with E-state index in [1.54, 1.807) is 6.92 Å². The van der Waals surface area contributed by atoms with Crippen molar-refractivity contribution in [3.05, 3.63) is 34.3 Å². The van der Waals surface area contributed by atoms with Crippen LogP contribution in [0.4, 0.5) is 0 Å². The molecular formula is C13H16BrN3O3. The minimum Gasteiger partial charge on any atom is -0.453 e. The van der Waals surface area contributed by atoms with Crippen LogP contribution >= 0.6 is 15.9 Å². The van der Waals surface area contributed by atoms with Crippen molar-refractivity contribution >= 4 is 15.9 Å². The van der Waals surface area contributed by atoms with Gasteiger partial charge < -0.3 is 13.7 Å². The van der Waals surface area contributed by atoms with E-state index < -0.39 is 0 Å². The van der Waals surface area contributed by atoms with E-state index in [0.29, 0.717) is 18.3 Å². The van der Waals surface area contributed by atoms with Crippen molar-refractivity contribution in [1.82, 2.24) is 15.0 Å². The fourth-order valence-corrected chi connectivity index (χ4v) is 2.75. The maximum absolute atomic E-state index is 5.88. The Hall–Kier alpha value is -1.18. The highest BCUT2D eigenvalue weighted by Crippen LogP contribution is 2.25. The van der Waals surface area contributed by atoms with E-state index in [1.165, 1.54) is 0 Å². The summed E-state index contributed by atoms with van der Waals surface area (Å²) in [6.45, 7) is 6.15. The Morgan fingerprint density at radius 1 is 1.40 bits per heavy atom. The summed E-state index contributed by atoms with van der Waals surface area (Å²) in [5.41, 5.74) is 0. The fourth-order valence-electron chi connectivity index (χ4n) is 2.41. The number of hydrogen-bond donors (Lipinski definition) is 0. The zero-order valence-electron chi connectivity index (χ0n) is 11.4. The van der Waals surface area contributed by atoms with Crippen LogP contribution in [0, 0.1) is 6.92 Å². The molecule has 1 fully saturated rings. The molecule has 6 nitrogen and oxygen atoms in total. The van der Waals surface area contributed by atoms with Gasteiger partial charge in [0.2, 0.25) is 0 Å². The van der Waals surface area contributed by atoms with E-state index in [0.717, 1.165) is 23.5 Å². The molecule has 2 aromatic heterocycles. The molecular weight excluding hydrogens is 326 g/mol. The number of rotatable bonds is 3. The smallest absolute Gasteiger partial charge is 0.257 e. The van der Waals surface area contributed by atoms with Crippen LogP contribution in [0.3, 0.4) is 0 Å². The lowest BCUT2D eigenvalue weighted by atomic mass is 10.2. The lowest BCUT2D eigenvalue weighted by molar-refractivity contribution is -0.0942. The quantitative estimate of drug-likeness (QED) is 0.855. The molecule has 0 radical (unpaired) electrons. The van der Waals surface area contributed by atoms with Gasteiger partial charge in [-0.1, -0.05) is 5.16 Å². The summed E-state index contributed by atoms with van der Waals surface area (Å²) in [6, 6.07) is 3.87. The Bertz CT molecular complexity index is 583. The second-order valence-electron chi connectivity index (χ2n) is 5.02. The van der Waals surface area contributed by atoms with Crippen LogP contribution < -0.4 is 0 Å². The standard InChI is InChI=1S/C13H16BrN3O3/c1-8-5-17(6-10-3-4-12(14)19-10)7-11(18-8)13-15-9(2)16-20-13/h3-4,8,11H,5-7H2,1-2H3/t8-,11-/m1/s1. The number of halogens is 1. The van der Waals surface area contributed by atoms with Crippen LogP contribution in [0.5, 0.6) is 0 Å². The average Bonchev–Trinajstić information content (AvgIpc) is 2.98. The van der Waals surface area contributed by atoms with Gasteiger partial charge in [0.1, 0.15) is 11.9 Å². The molecule has 1 saturated heterocycles. The number of morpholine rings is 1. The fraction of sp³-hybridized carbons (Fsp3) is 0.538. The summed E-state index contributed by atoms with van der Waals surface area (Å²) in [5.74, 6) is 2.09. The summed E-state index contributed by atoms with van der Waals surface area (Å²) in [4.78, 5) is 6.52. The van der Waals surface area contributed by atoms with E-state index in [9.17, 15) is 0 Å². The lowest BCUT2D eigenvalue weighted by Gasteiger charge is -2.34. The van der Waals surface area contributed by atoms with E-state index in [4.69, 9.17) is 13.7 Å². The van der Waals surface area contributed by atoms with Gasteiger partial charge in [-0.15, -0.1) is 0 Å². The molecule has 1 aliphatic rings. The van der Waals surface area contributed by atoms with Gasteiger partial charge in [-0.25, -0.2) is 0 Å². The molecule has 3 heterocycles. The molecule has 0 amide bonds. The Labute approximate surface area is 125 Å². The molecule has 0 bridgehead atoms. The summed E-state index contributed by atoms with van der Waals surface area (Å²) in [5, 5.41) is 3.82. The van der Waals surface area contributed by atoms with Gasteiger partial charge in [0.05, 0.1) is 12.6 Å². The molecule has 0 unspecified atom stereocenters. The van der Waals surface area contributed by atoms with Gasteiger partial charge in [0.15, 0.2) is 10.5 Å². The van der Waals surface area contributed by atoms with E-state index in [1.807, 2.05) is 19.1 Å². The number of nitrogens with zero attached hydrogens (tertiary/aromatic N) is 3. The van der Waals surface area contributed by atoms with Crippen LogP contribution in [-0.2, 0) is 11.3 Å². The van der Waals surface area contributed by atoms with Crippen molar-refractivity contribution in [3.8, 4) is 0 Å². The van der Waals surface area contributed by atoms with E-state index >= 15 is 0 Å². The van der Waals surface area contributed by atoms with Crippen molar-refractivity contribution in [2.45, 2.75) is 32.6 Å². The first kappa shape index (κ1) is 13.8. The third-order valence-corrected chi connectivity index (χ3v) is 3.59. The Morgan fingerprint density at radius 2 is 2.25 bits per heavy atom. The van der Waals surface area contributed by atoms with E-state index in [2.05, 4.69) is 31.0 Å². The number of ether oxygens (including phenoxy) is 1. The third kappa shape index (κ3) is 3.11. The number of furan rings is 1. The highest BCUT2D eigenvalue weighted by molar-refractivity contribution is 9.10. The number of hydrogen-bond acceptors (Lipinski definition) is 6. The predicted octanol–water partition coefficient (Wildman–Crippen LogP) is 2.70. The molecule has 0 spiro atoms. The molecule has 7 heteroatoms. The molecule has 0 saturated carbocycles. The summed E-state index contributed by atoms with van der Waals surface area (Å²) >= 11 is 3.32. The second kappa shape index (κ2) is 5.67. The topological polar surface area (TPSA) is 64.5 Å². The highest BCUT2D eigenvalue weighted by atomic mass is 79.9. The van der Waals surface area contributed by atoms with Crippen molar-refractivity contribution in [2.24, 2.45) is 0 Å². The first-order valence-electron chi connectivity index (χ1n) is 6.52. The maximum Gasteiger partial charge on any atom is 0.257 e. The molecule has 0 aliphatic carbocycles. The summed E-state index contributed by atoms with van der Waals surface area (Å²) < 4.78 is 17.4. The summed E-state index contributed by atoms with van der Waals surface area (Å²) in [7, 11) is 0. The molecule has 0 aromatic carbocycles. The molecule has 0 N–H and O–H groups in total. The molecule has 1 aliphatic heterocycles. The third-order valence-electron chi connectivity index (χ3n) is 3.16. The van der Waals surface area contributed by atoms with Gasteiger partial charge >= 0.3 is 0 Å². The van der Waals surface area contributed by atoms with Gasteiger partial charge in [0, 0.05) is 13.1 Å². The Kier molecular flexibility index (Phi) is 3.91. The minimum absolute atomic E-state index is 0.111. The van der Waals surface area contributed by atoms with Crippen LogP contribution in [0.1, 0.15) is 30.5 Å². The van der Waals surface area contributed by atoms with Crippen molar-refractivity contribution in [2.75, 3.05) is 13.1 Å². The minimum atomic E-state index is -0.182. The normalized spacial score (nSPS) is 24.1. The van der Waals surface area contributed by atoms with Crippen LogP contribution in [0.25, 0.3) is 0 Å². The highest BCUT2D eigenvalue weighted by Gasteiger charge is 2.30. The van der Waals surface area contributed by atoms with Crippen molar-refractivity contribution < 1.29 is 13.7 Å². The maximum atomic E-state index is 5.88. The largest absolute Gasteiger partial charge is 0.453 e. The lowest BCUT2D eigenvalue weighted by Crippen LogP contribution is -2.42. The van der Waals surface area contributed by atoms with Gasteiger partial charge in [0.25, 0.3) is 5.89 Å². The van der Waals surface area contributed by atoms with Gasteiger partial charge in [-0.3, -0.25) is 4.90 Å². The molecule has 3 rings (SSSR count). The monoisotopic (exact) mass is 341 g/mol. The average molecular weight is 342 g/mol. The Morgan fingerprint density at radius 3 is 2.90 bits per heavy atom. The van der Waals surface area contributed by atoms with Crippen molar-refractivity contribution in [3.63, 3.8) is 0 Å². The van der Waals surface area contributed by atoms with Crippen LogP contribution in [0.2, 0.25) is 0 Å². The van der Waals surface area contributed by atoms with Crippen LogP contribution in [-0.4, -0.2) is 34.2 Å². The number of aromatic nitrogens is 2. The van der Waals surface area contributed by atoms with Crippen LogP contribution in [0.15, 0.2) is 25.7 Å². The first-order valence-corrected chi connectivity index (χ1v) is 7.31. The summed E-state index contributed by atoms with van der Waals surface area (Å²) in [6.07, 6.45) is -0.0716. The second-order valence-corrected chi connectivity index (χ2v) is 5.80. The zero-order chi connectivity index (χ0) is 14.1. The SMILES string of the molecule is Cc1noc([C@H]2CN(Cc3ccc(Br)o3)C[C@@H](C)O2)n1. The molecule has 2 aromatic rings. The molecule has 2 atom stereocenters. The van der Waals surface area contributed by atoms with E-state index in [-0.39, 0.29) is 12.2 Å². The van der Waals surface area contributed by atoms with Crippen molar-refractivity contribution in [1.29, 1.82) is 0 Å². The Balaban J connectivity index is 1.69. The number of aryl methyl sites for hydroxylation is 1. The molecule has 108 valence electrons. The van der Waals surface area contributed by atoms with Gasteiger partial charge in [-0.2, -0.15) is 4.98 Å². The predicted molar refractivity (Wildman–Crippen MR) is 74.0 cm³/mol.